The summed E-state index contributed by atoms with van der Waals surface area (Å²) in [5.74, 6) is 0.884. The van der Waals surface area contributed by atoms with E-state index in [4.69, 9.17) is 0 Å². The van der Waals surface area contributed by atoms with Gasteiger partial charge in [-0.1, -0.05) is 31.4 Å². The highest BCUT2D eigenvalue weighted by molar-refractivity contribution is 7.80. The number of benzene rings is 1. The van der Waals surface area contributed by atoms with Crippen molar-refractivity contribution in [2.75, 3.05) is 5.75 Å². The lowest BCUT2D eigenvalue weighted by molar-refractivity contribution is 0.184. The third-order valence-corrected chi connectivity index (χ3v) is 5.17. The third kappa shape index (κ3) is 2.49. The SMILES string of the molecule is O=c1cnn(CC2(CS)CCCCC2)c2ccccc12. The molecule has 1 aromatic heterocycles. The van der Waals surface area contributed by atoms with Gasteiger partial charge in [-0.3, -0.25) is 9.48 Å². The van der Waals surface area contributed by atoms with Crippen LogP contribution in [0.3, 0.4) is 0 Å². The number of aromatic nitrogens is 2. The van der Waals surface area contributed by atoms with E-state index < -0.39 is 0 Å². The smallest absolute Gasteiger partial charge is 0.207 e. The molecule has 4 heteroatoms. The van der Waals surface area contributed by atoms with Crippen LogP contribution in [0.25, 0.3) is 10.9 Å². The van der Waals surface area contributed by atoms with E-state index in [1.54, 1.807) is 0 Å². The standard InChI is InChI=1S/C16H20N2OS/c19-15-10-17-18(14-7-3-2-6-13(14)15)11-16(12-20)8-4-1-5-9-16/h2-3,6-7,10,20H,1,4-5,8-9,11-12H2. The Bertz CT molecular complexity index is 659. The van der Waals surface area contributed by atoms with Crippen LogP contribution >= 0.6 is 12.6 Å². The van der Waals surface area contributed by atoms with Crippen LogP contribution in [-0.2, 0) is 6.54 Å². The minimum atomic E-state index is 0.000387. The lowest BCUT2D eigenvalue weighted by atomic mass is 9.75. The predicted octanol–water partition coefficient (Wildman–Crippen LogP) is 3.28. The molecule has 106 valence electrons. The van der Waals surface area contributed by atoms with Crippen LogP contribution in [0.4, 0.5) is 0 Å². The molecule has 1 aliphatic carbocycles. The molecule has 3 rings (SSSR count). The van der Waals surface area contributed by atoms with Crippen LogP contribution in [0.5, 0.6) is 0 Å². The van der Waals surface area contributed by atoms with E-state index in [0.717, 1.165) is 23.2 Å². The molecular formula is C16H20N2OS. The summed E-state index contributed by atoms with van der Waals surface area (Å²) in [6.07, 6.45) is 7.74. The molecule has 0 amide bonds. The van der Waals surface area contributed by atoms with Gasteiger partial charge in [0.15, 0.2) is 0 Å². The Balaban J connectivity index is 2.02. The Morgan fingerprint density at radius 3 is 2.70 bits per heavy atom. The fraction of sp³-hybridized carbons (Fsp3) is 0.500. The van der Waals surface area contributed by atoms with Crippen LogP contribution < -0.4 is 5.43 Å². The highest BCUT2D eigenvalue weighted by Gasteiger charge is 2.31. The fourth-order valence-corrected chi connectivity index (χ4v) is 3.69. The van der Waals surface area contributed by atoms with E-state index in [9.17, 15) is 4.79 Å². The van der Waals surface area contributed by atoms with Crippen molar-refractivity contribution in [1.29, 1.82) is 0 Å². The molecular weight excluding hydrogens is 268 g/mol. The monoisotopic (exact) mass is 288 g/mol. The molecule has 1 fully saturated rings. The molecule has 0 saturated heterocycles. The van der Waals surface area contributed by atoms with E-state index >= 15 is 0 Å². The second-order valence-electron chi connectivity index (χ2n) is 5.90. The topological polar surface area (TPSA) is 34.9 Å². The van der Waals surface area contributed by atoms with Gasteiger partial charge < -0.3 is 0 Å². The maximum Gasteiger partial charge on any atom is 0.207 e. The molecule has 0 unspecified atom stereocenters. The third-order valence-electron chi connectivity index (χ3n) is 4.50. The highest BCUT2D eigenvalue weighted by atomic mass is 32.1. The molecule has 1 heterocycles. The molecule has 0 bridgehead atoms. The molecule has 20 heavy (non-hydrogen) atoms. The summed E-state index contributed by atoms with van der Waals surface area (Å²) in [6.45, 7) is 0.858. The van der Waals surface area contributed by atoms with Gasteiger partial charge in [0.1, 0.15) is 0 Å². The zero-order chi connectivity index (χ0) is 14.0. The number of thiol groups is 1. The second kappa shape index (κ2) is 5.60. The van der Waals surface area contributed by atoms with E-state index in [-0.39, 0.29) is 10.8 Å². The van der Waals surface area contributed by atoms with Crippen LogP contribution in [-0.4, -0.2) is 15.5 Å². The number of rotatable bonds is 3. The highest BCUT2D eigenvalue weighted by Crippen LogP contribution is 2.38. The van der Waals surface area contributed by atoms with Crippen molar-refractivity contribution in [2.45, 2.75) is 38.6 Å². The van der Waals surface area contributed by atoms with Gasteiger partial charge in [0.2, 0.25) is 5.43 Å². The number of fused-ring (bicyclic) bond motifs is 1. The Kier molecular flexibility index (Phi) is 3.83. The van der Waals surface area contributed by atoms with Crippen LogP contribution in [0.1, 0.15) is 32.1 Å². The van der Waals surface area contributed by atoms with Crippen molar-refractivity contribution in [1.82, 2.24) is 9.78 Å². The molecule has 1 saturated carbocycles. The van der Waals surface area contributed by atoms with E-state index in [0.29, 0.717) is 0 Å². The summed E-state index contributed by atoms with van der Waals surface area (Å²) in [6, 6.07) is 7.74. The van der Waals surface area contributed by atoms with E-state index in [2.05, 4.69) is 17.7 Å². The largest absolute Gasteiger partial charge is 0.287 e. The quantitative estimate of drug-likeness (QED) is 0.880. The van der Waals surface area contributed by atoms with Crippen LogP contribution in [0.2, 0.25) is 0 Å². The maximum absolute atomic E-state index is 11.9. The first-order valence-electron chi connectivity index (χ1n) is 7.30. The van der Waals surface area contributed by atoms with Crippen LogP contribution in [0, 0.1) is 5.41 Å². The summed E-state index contributed by atoms with van der Waals surface area (Å²) in [7, 11) is 0. The van der Waals surface area contributed by atoms with Gasteiger partial charge in [0.05, 0.1) is 11.7 Å². The normalized spacial score (nSPS) is 18.2. The minimum Gasteiger partial charge on any atom is -0.287 e. The Morgan fingerprint density at radius 2 is 1.95 bits per heavy atom. The van der Waals surface area contributed by atoms with Crippen LogP contribution in [0.15, 0.2) is 35.3 Å². The summed E-state index contributed by atoms with van der Waals surface area (Å²) >= 11 is 4.59. The Hall–Kier alpha value is -1.29. The number of nitrogens with zero attached hydrogens (tertiary/aromatic N) is 2. The Labute approximate surface area is 124 Å². The number of hydrogen-bond donors (Lipinski definition) is 1. The summed E-state index contributed by atoms with van der Waals surface area (Å²) in [5, 5.41) is 5.12. The Morgan fingerprint density at radius 1 is 1.20 bits per heavy atom. The zero-order valence-corrected chi connectivity index (χ0v) is 12.5. The van der Waals surface area contributed by atoms with Crippen molar-refractivity contribution in [2.24, 2.45) is 5.41 Å². The molecule has 0 N–H and O–H groups in total. The average molecular weight is 288 g/mol. The zero-order valence-electron chi connectivity index (χ0n) is 11.6. The van der Waals surface area contributed by atoms with E-state index in [1.807, 2.05) is 28.9 Å². The molecule has 0 spiro atoms. The van der Waals surface area contributed by atoms with Crippen molar-refractivity contribution >= 4 is 23.5 Å². The molecule has 0 aliphatic heterocycles. The van der Waals surface area contributed by atoms with Gasteiger partial charge in [-0.2, -0.15) is 17.7 Å². The molecule has 2 aromatic rings. The van der Waals surface area contributed by atoms with Crippen molar-refractivity contribution in [3.05, 3.63) is 40.7 Å². The van der Waals surface area contributed by atoms with Gasteiger partial charge in [0.25, 0.3) is 0 Å². The number of hydrogen-bond acceptors (Lipinski definition) is 3. The summed E-state index contributed by atoms with van der Waals surface area (Å²) in [4.78, 5) is 11.9. The first-order chi connectivity index (χ1) is 9.74. The maximum atomic E-state index is 11.9. The van der Waals surface area contributed by atoms with Gasteiger partial charge in [-0.25, -0.2) is 0 Å². The average Bonchev–Trinajstić information content (AvgIpc) is 2.51. The first kappa shape index (κ1) is 13.7. The molecule has 1 aliphatic rings. The molecule has 0 atom stereocenters. The van der Waals surface area contributed by atoms with Crippen molar-refractivity contribution < 1.29 is 0 Å². The van der Waals surface area contributed by atoms with Crippen molar-refractivity contribution in [3.8, 4) is 0 Å². The lowest BCUT2D eigenvalue weighted by Crippen LogP contribution is -2.32. The fourth-order valence-electron chi connectivity index (χ4n) is 3.27. The first-order valence-corrected chi connectivity index (χ1v) is 7.93. The van der Waals surface area contributed by atoms with Gasteiger partial charge in [0, 0.05) is 11.9 Å². The summed E-state index contributed by atoms with van der Waals surface area (Å²) in [5.41, 5.74) is 1.17. The number of para-hydroxylation sites is 1. The molecule has 0 radical (unpaired) electrons. The van der Waals surface area contributed by atoms with Gasteiger partial charge in [-0.15, -0.1) is 0 Å². The van der Waals surface area contributed by atoms with E-state index in [1.165, 1.54) is 38.3 Å². The summed E-state index contributed by atoms with van der Waals surface area (Å²) < 4.78 is 2.00. The van der Waals surface area contributed by atoms with Gasteiger partial charge in [-0.05, 0) is 36.1 Å². The minimum absolute atomic E-state index is 0.000387. The second-order valence-corrected chi connectivity index (χ2v) is 6.22. The van der Waals surface area contributed by atoms with Gasteiger partial charge >= 0.3 is 0 Å². The predicted molar refractivity (Wildman–Crippen MR) is 85.4 cm³/mol. The van der Waals surface area contributed by atoms with Crippen molar-refractivity contribution in [3.63, 3.8) is 0 Å². The molecule has 3 nitrogen and oxygen atoms in total. The lowest BCUT2D eigenvalue weighted by Gasteiger charge is -2.36. The molecule has 1 aromatic carbocycles.